The summed E-state index contributed by atoms with van der Waals surface area (Å²) in [4.78, 5) is 273. The Kier molecular flexibility index (Phi) is 47.7. The van der Waals surface area contributed by atoms with Crippen LogP contribution >= 0.6 is 11.8 Å². The number of aliphatic carboxylic acids is 3. The number of imidazole rings is 1. The Morgan fingerprint density at radius 2 is 0.839 bits per heavy atom. The fraction of sp³-hybridized carbons (Fsp3) is 0.548. The van der Waals surface area contributed by atoms with Crippen LogP contribution in [0.4, 0.5) is 0 Å². The molecule has 3 aromatic carbocycles. The molecule has 2 aromatic heterocycles. The number of carboxylic acid groups (broad SMARTS) is 3. The number of thioether (sulfide) groups is 1. The predicted octanol–water partition coefficient (Wildman–Crippen LogP) is 0.0716. The van der Waals surface area contributed by atoms with Gasteiger partial charge in [-0.25, -0.2) is 9.78 Å². The molecule has 0 saturated carbocycles. The highest BCUT2D eigenvalue weighted by Gasteiger charge is 2.41. The second kappa shape index (κ2) is 57.4. The predicted molar refractivity (Wildman–Crippen MR) is 506 cm³/mol. The minimum absolute atomic E-state index is 0.0291. The molecule has 0 bridgehead atoms. The van der Waals surface area contributed by atoms with Crippen molar-refractivity contribution in [3.63, 3.8) is 0 Å². The van der Waals surface area contributed by atoms with Crippen LogP contribution in [-0.4, -0.2) is 264 Å². The van der Waals surface area contributed by atoms with E-state index in [4.69, 9.17) is 5.73 Å². The lowest BCUT2D eigenvalue weighted by atomic mass is 9.94. The van der Waals surface area contributed by atoms with Gasteiger partial charge in [0.1, 0.15) is 96.4 Å². The van der Waals surface area contributed by atoms with Gasteiger partial charge < -0.3 is 121 Å². The summed E-state index contributed by atoms with van der Waals surface area (Å²) in [5, 5.41) is 82.1. The number of aromatic hydroxyl groups is 1. The van der Waals surface area contributed by atoms with E-state index in [0.717, 1.165) is 10.9 Å². The third-order valence-corrected chi connectivity index (χ3v) is 23.3. The maximum atomic E-state index is 15.0. The standard InChI is InChI=1S/C93H136N20O23S/c1-15-51(9)77(91(133)110-72(93(135)136)40-58-44-96-62-27-21-20-26-61(58)62)113-92(134)78(52(10)16-2)112-89(131)71(43-75(119)120)108-85(127)66(37-49(5)6)105-87(129)69(41-59-45-95-47-98-59)104-79(121)54(12)100-83(125)67(38-56-24-18-17-19-25-56)106-86(128)68(39-57-29-31-60(115)32-30-57)109-90(132)76(50(7)8)111-80(122)53(11)99-73(116)46-97-81(123)63(28-22-23-34-94)102-88(130)70(42-74(117)118)107-82(124)64(33-35-137-14)103-84(126)65(36-48(3)4)101-55(13)114/h17-21,24-27,29-32,44-45,47-54,63-72,76-78,96,115H,15-16,22-23,28,33-43,46,94H2,1-14H3,(H,95,98)(H,97,123)(H,99,116)(H,100,125)(H,101,114)(H,102,130)(H,103,126)(H,104,121)(H,105,129)(H,106,128)(H,107,124)(H,108,127)(H,109,132)(H,110,133)(H,111,122)(H,112,131)(H,113,134)(H,117,118)(H,119,120)(H,135,136). The van der Waals surface area contributed by atoms with Crippen LogP contribution in [0.5, 0.6) is 5.75 Å². The molecular weight excluding hydrogens is 1800 g/mol. The number of aromatic amines is 2. The molecule has 17 unspecified atom stereocenters. The molecule has 17 atom stereocenters. The summed E-state index contributed by atoms with van der Waals surface area (Å²) in [5.74, 6) is -21.6. The first-order valence-electron chi connectivity index (χ1n) is 45.8. The third-order valence-electron chi connectivity index (χ3n) is 22.6. The number of nitrogens with one attached hydrogen (secondary N) is 18. The van der Waals surface area contributed by atoms with Crippen molar-refractivity contribution in [1.29, 1.82) is 0 Å². The first-order chi connectivity index (χ1) is 64.8. The monoisotopic (exact) mass is 1930 g/mol. The number of rotatable bonds is 60. The number of hydrogen-bond donors (Lipinski definition) is 23. The van der Waals surface area contributed by atoms with Gasteiger partial charge in [-0.1, -0.05) is 143 Å². The summed E-state index contributed by atoms with van der Waals surface area (Å²) in [7, 11) is 0. The molecular formula is C93H136N20O23S. The number of phenolic OH excluding ortho intramolecular Hbond substituents is 1. The van der Waals surface area contributed by atoms with E-state index in [1.165, 1.54) is 69.3 Å². The molecule has 137 heavy (non-hydrogen) atoms. The number of amides is 16. The van der Waals surface area contributed by atoms with Gasteiger partial charge in [-0.15, -0.1) is 0 Å². The van der Waals surface area contributed by atoms with Crippen LogP contribution < -0.4 is 90.8 Å². The Morgan fingerprint density at radius 3 is 1.36 bits per heavy atom. The molecule has 0 aliphatic heterocycles. The molecule has 0 radical (unpaired) electrons. The highest BCUT2D eigenvalue weighted by atomic mass is 32.2. The number of benzene rings is 3. The summed E-state index contributed by atoms with van der Waals surface area (Å²) >= 11 is 1.33. The number of carbonyl (C=O) groups excluding carboxylic acids is 16. The molecule has 0 fully saturated rings. The van der Waals surface area contributed by atoms with Gasteiger partial charge in [0, 0.05) is 61.6 Å². The molecule has 43 nitrogen and oxygen atoms in total. The van der Waals surface area contributed by atoms with E-state index in [0.29, 0.717) is 35.3 Å². The molecule has 5 rings (SSSR count). The highest BCUT2D eigenvalue weighted by Crippen LogP contribution is 2.22. The Bertz CT molecular complexity index is 4920. The number of fused-ring (bicyclic) bond motifs is 1. The maximum Gasteiger partial charge on any atom is 0.326 e. The second-order valence-electron chi connectivity index (χ2n) is 35.3. The molecule has 2 heterocycles. The number of aromatic nitrogens is 3. The van der Waals surface area contributed by atoms with Crippen molar-refractivity contribution in [2.75, 3.05) is 25.1 Å². The largest absolute Gasteiger partial charge is 0.508 e. The van der Waals surface area contributed by atoms with Crippen molar-refractivity contribution < 1.29 is 112 Å². The number of hydrogen-bond acceptors (Lipinski definition) is 23. The molecule has 0 aliphatic carbocycles. The SMILES string of the molecule is CCC(C)C(NC(=O)C(CC(=O)O)NC(=O)C(CC(C)C)NC(=O)C(Cc1cnc[nH]1)NC(=O)C(C)NC(=O)C(Cc1ccccc1)NC(=O)C(Cc1ccc(O)cc1)NC(=O)C(NC(=O)C(C)NC(=O)CNC(=O)C(CCCCN)NC(=O)C(CC(=O)O)NC(=O)C(CCSC)NC(=O)C(CC(C)C)NC(C)=O)C(C)C)C(=O)NC(C(=O)NC(Cc1c[nH]c2ccccc12)C(=O)O)C(C)CC. The van der Waals surface area contributed by atoms with Crippen molar-refractivity contribution in [2.24, 2.45) is 35.3 Å². The zero-order valence-electron chi connectivity index (χ0n) is 79.8. The molecule has 44 heteroatoms. The van der Waals surface area contributed by atoms with Gasteiger partial charge >= 0.3 is 17.9 Å². The van der Waals surface area contributed by atoms with E-state index >= 15 is 0 Å². The van der Waals surface area contributed by atoms with Gasteiger partial charge in [0.05, 0.1) is 25.7 Å². The lowest BCUT2D eigenvalue weighted by Crippen LogP contribution is -2.62. The van der Waals surface area contributed by atoms with Crippen molar-refractivity contribution in [1.82, 2.24) is 100 Å². The van der Waals surface area contributed by atoms with Gasteiger partial charge in [0.15, 0.2) is 0 Å². The second-order valence-corrected chi connectivity index (χ2v) is 36.3. The first-order valence-corrected chi connectivity index (χ1v) is 47.1. The Labute approximate surface area is 799 Å². The van der Waals surface area contributed by atoms with Gasteiger partial charge in [-0.05, 0) is 135 Å². The summed E-state index contributed by atoms with van der Waals surface area (Å²) in [6.07, 6.45) is 4.17. The first kappa shape index (κ1) is 114. The summed E-state index contributed by atoms with van der Waals surface area (Å²) in [6, 6.07) is -1.43. The third kappa shape index (κ3) is 39.0. The van der Waals surface area contributed by atoms with Crippen LogP contribution in [-0.2, 0) is 117 Å². The fourth-order valence-electron chi connectivity index (χ4n) is 14.6. The molecule has 0 spiro atoms. The van der Waals surface area contributed by atoms with Crippen LogP contribution in [0.25, 0.3) is 10.9 Å². The minimum atomic E-state index is -1.91. The molecule has 752 valence electrons. The van der Waals surface area contributed by atoms with Crippen LogP contribution in [0.15, 0.2) is 97.6 Å². The summed E-state index contributed by atoms with van der Waals surface area (Å²) in [6.45, 7) is 20.0. The van der Waals surface area contributed by atoms with E-state index in [1.807, 2.05) is 13.8 Å². The van der Waals surface area contributed by atoms with Crippen LogP contribution in [0.2, 0.25) is 0 Å². The lowest BCUT2D eigenvalue weighted by molar-refractivity contribution is -0.143. The molecule has 0 aliphatic rings. The maximum absolute atomic E-state index is 15.0. The fourth-order valence-corrected chi connectivity index (χ4v) is 15.0. The number of phenols is 1. The molecule has 24 N–H and O–H groups in total. The van der Waals surface area contributed by atoms with E-state index in [9.17, 15) is 112 Å². The van der Waals surface area contributed by atoms with Crippen LogP contribution in [0.3, 0.4) is 0 Å². The van der Waals surface area contributed by atoms with Crippen LogP contribution in [0, 0.1) is 29.6 Å². The smallest absolute Gasteiger partial charge is 0.326 e. The zero-order chi connectivity index (χ0) is 102. The Hall–Kier alpha value is -13.6. The minimum Gasteiger partial charge on any atom is -0.508 e. The Morgan fingerprint density at radius 1 is 0.416 bits per heavy atom. The zero-order valence-corrected chi connectivity index (χ0v) is 80.6. The number of para-hydroxylation sites is 1. The van der Waals surface area contributed by atoms with Gasteiger partial charge in [0.25, 0.3) is 0 Å². The number of H-pyrrole nitrogens is 2. The Balaban J connectivity index is 1.31. The number of carboxylic acids is 3. The molecule has 5 aromatic rings. The van der Waals surface area contributed by atoms with Crippen molar-refractivity contribution in [2.45, 2.75) is 271 Å². The van der Waals surface area contributed by atoms with Crippen molar-refractivity contribution in [3.05, 3.63) is 120 Å². The average molecular weight is 1930 g/mol. The van der Waals surface area contributed by atoms with Gasteiger partial charge in [0.2, 0.25) is 94.5 Å². The van der Waals surface area contributed by atoms with E-state index < -0.39 is 246 Å². The van der Waals surface area contributed by atoms with E-state index in [-0.39, 0.29) is 88.1 Å². The summed E-state index contributed by atoms with van der Waals surface area (Å²) in [5.41, 5.74) is 8.24. The number of nitrogens with two attached hydrogens (primary N) is 1. The average Bonchev–Trinajstić information content (AvgIpc) is 1.45. The van der Waals surface area contributed by atoms with Crippen molar-refractivity contribution in [3.8, 4) is 5.75 Å². The lowest BCUT2D eigenvalue weighted by Gasteiger charge is -2.31. The highest BCUT2D eigenvalue weighted by molar-refractivity contribution is 7.98. The van der Waals surface area contributed by atoms with Gasteiger partial charge in [-0.2, -0.15) is 11.8 Å². The normalized spacial score (nSPS) is 15.0. The van der Waals surface area contributed by atoms with Crippen molar-refractivity contribution >= 4 is 135 Å². The number of nitrogens with zero attached hydrogens (tertiary/aromatic N) is 1. The number of unbranched alkanes of at least 4 members (excludes halogenated alkanes) is 1. The van der Waals surface area contributed by atoms with E-state index in [1.54, 1.807) is 122 Å². The summed E-state index contributed by atoms with van der Waals surface area (Å²) < 4.78 is 0. The molecule has 0 saturated heterocycles. The topological polar surface area (TPSA) is 668 Å². The van der Waals surface area contributed by atoms with E-state index in [2.05, 4.69) is 100 Å². The quantitative estimate of drug-likeness (QED) is 0.0229. The number of carbonyl (C=O) groups is 19. The van der Waals surface area contributed by atoms with Crippen LogP contribution in [0.1, 0.15) is 177 Å². The van der Waals surface area contributed by atoms with Gasteiger partial charge in [-0.3, -0.25) is 86.3 Å². The molecule has 16 amide bonds.